The molecule has 0 fully saturated rings. The Kier molecular flexibility index (Phi) is 5.76. The summed E-state index contributed by atoms with van der Waals surface area (Å²) in [6.07, 6.45) is 0. The van der Waals surface area contributed by atoms with Crippen LogP contribution in [0.15, 0.2) is 60.7 Å². The summed E-state index contributed by atoms with van der Waals surface area (Å²) in [6, 6.07) is 17.0. The van der Waals surface area contributed by atoms with Gasteiger partial charge < -0.3 is 14.7 Å². The largest absolute Gasteiger partial charge is 0.507 e. The van der Waals surface area contributed by atoms with Crippen molar-refractivity contribution in [1.82, 2.24) is 15.1 Å². The molecule has 178 valence electrons. The molecule has 2 heterocycles. The maximum absolute atomic E-state index is 13.6. The summed E-state index contributed by atoms with van der Waals surface area (Å²) in [5.41, 5.74) is 5.74. The van der Waals surface area contributed by atoms with Gasteiger partial charge in [0.15, 0.2) is 0 Å². The first-order chi connectivity index (χ1) is 16.9. The quantitative estimate of drug-likeness (QED) is 0.379. The number of hydrogen-bond donors (Lipinski definition) is 2. The Morgan fingerprint density at radius 1 is 1.09 bits per heavy atom. The van der Waals surface area contributed by atoms with Gasteiger partial charge in [0.25, 0.3) is 5.91 Å². The van der Waals surface area contributed by atoms with Crippen LogP contribution in [0.3, 0.4) is 0 Å². The molecule has 0 aliphatic carbocycles. The minimum atomic E-state index is -0.452. The molecule has 1 aliphatic heterocycles. The third kappa shape index (κ3) is 4.03. The summed E-state index contributed by atoms with van der Waals surface area (Å²) in [7, 11) is 0. The Morgan fingerprint density at radius 3 is 2.46 bits per heavy atom. The highest BCUT2D eigenvalue weighted by Gasteiger charge is 2.42. The van der Waals surface area contributed by atoms with Crippen molar-refractivity contribution < 1.29 is 19.0 Å². The van der Waals surface area contributed by atoms with Crippen molar-refractivity contribution in [2.45, 2.75) is 33.4 Å². The molecular formula is C28H26FN3O3. The summed E-state index contributed by atoms with van der Waals surface area (Å²) >= 11 is 0. The predicted octanol–water partition coefficient (Wildman–Crippen LogP) is 5.68. The lowest BCUT2D eigenvalue weighted by Crippen LogP contribution is -2.29. The van der Waals surface area contributed by atoms with Gasteiger partial charge in [-0.2, -0.15) is 5.10 Å². The lowest BCUT2D eigenvalue weighted by molar-refractivity contribution is 0.0730. The number of nitrogens with zero attached hydrogens (tertiary/aromatic N) is 2. The van der Waals surface area contributed by atoms with Crippen LogP contribution in [0.5, 0.6) is 11.5 Å². The second-order valence-corrected chi connectivity index (χ2v) is 8.80. The van der Waals surface area contributed by atoms with Crippen LogP contribution in [0.2, 0.25) is 0 Å². The molecule has 0 bridgehead atoms. The second-order valence-electron chi connectivity index (χ2n) is 8.80. The number of carbonyl (C=O) groups is 1. The molecule has 0 radical (unpaired) electrons. The van der Waals surface area contributed by atoms with Crippen LogP contribution >= 0.6 is 0 Å². The molecular weight excluding hydrogens is 445 g/mol. The number of nitrogens with one attached hydrogen (secondary N) is 1. The van der Waals surface area contributed by atoms with E-state index in [2.05, 4.69) is 10.2 Å². The topological polar surface area (TPSA) is 78.5 Å². The van der Waals surface area contributed by atoms with Gasteiger partial charge in [-0.3, -0.25) is 9.89 Å². The molecule has 0 saturated carbocycles. The van der Waals surface area contributed by atoms with Gasteiger partial charge in [0.1, 0.15) is 28.7 Å². The molecule has 0 spiro atoms. The number of H-pyrrole nitrogens is 1. The molecule has 3 aromatic carbocycles. The maximum atomic E-state index is 13.6. The number of aryl methyl sites for hydroxylation is 2. The average molecular weight is 472 g/mol. The number of rotatable bonds is 6. The van der Waals surface area contributed by atoms with Crippen molar-refractivity contribution in [3.63, 3.8) is 0 Å². The van der Waals surface area contributed by atoms with Crippen LogP contribution in [0.4, 0.5) is 4.39 Å². The minimum Gasteiger partial charge on any atom is -0.507 e. The summed E-state index contributed by atoms with van der Waals surface area (Å²) in [5, 5.41) is 18.2. The number of aromatic nitrogens is 2. The zero-order valence-corrected chi connectivity index (χ0v) is 19.8. The van der Waals surface area contributed by atoms with Crippen molar-refractivity contribution >= 4 is 5.91 Å². The number of carbonyl (C=O) groups excluding carboxylic acids is 1. The Bertz CT molecular complexity index is 1370. The molecule has 7 heteroatoms. The van der Waals surface area contributed by atoms with Gasteiger partial charge in [-0.05, 0) is 73.4 Å². The minimum absolute atomic E-state index is 0.117. The number of phenolic OH excluding ortho intramolecular Hbond substituents is 1. The fourth-order valence-electron chi connectivity index (χ4n) is 4.85. The molecule has 1 aliphatic rings. The van der Waals surface area contributed by atoms with Gasteiger partial charge in [0.2, 0.25) is 0 Å². The summed E-state index contributed by atoms with van der Waals surface area (Å²) in [4.78, 5) is 15.3. The predicted molar refractivity (Wildman–Crippen MR) is 131 cm³/mol. The van der Waals surface area contributed by atoms with E-state index in [4.69, 9.17) is 4.74 Å². The van der Waals surface area contributed by atoms with E-state index < -0.39 is 6.04 Å². The first-order valence-electron chi connectivity index (χ1n) is 11.5. The smallest absolute Gasteiger partial charge is 0.273 e. The highest BCUT2D eigenvalue weighted by Crippen LogP contribution is 2.46. The summed E-state index contributed by atoms with van der Waals surface area (Å²) < 4.78 is 19.1. The molecule has 35 heavy (non-hydrogen) atoms. The Morgan fingerprint density at radius 2 is 1.80 bits per heavy atom. The van der Waals surface area contributed by atoms with E-state index in [0.29, 0.717) is 29.1 Å². The molecule has 5 rings (SSSR count). The summed E-state index contributed by atoms with van der Waals surface area (Å²) in [6.45, 7) is 6.61. The van der Waals surface area contributed by atoms with Crippen LogP contribution in [-0.2, 0) is 6.54 Å². The van der Waals surface area contributed by atoms with Gasteiger partial charge in [-0.15, -0.1) is 0 Å². The highest BCUT2D eigenvalue weighted by molar-refractivity contribution is 6.00. The average Bonchev–Trinajstić information content (AvgIpc) is 3.35. The Labute approximate surface area is 203 Å². The van der Waals surface area contributed by atoms with Crippen molar-refractivity contribution in [2.24, 2.45) is 0 Å². The maximum Gasteiger partial charge on any atom is 0.273 e. The zero-order chi connectivity index (χ0) is 24.7. The number of hydrogen-bond acceptors (Lipinski definition) is 4. The third-order valence-corrected chi connectivity index (χ3v) is 6.33. The van der Waals surface area contributed by atoms with Crippen molar-refractivity contribution in [3.05, 3.63) is 100.0 Å². The van der Waals surface area contributed by atoms with E-state index in [0.717, 1.165) is 28.0 Å². The van der Waals surface area contributed by atoms with E-state index in [-0.39, 0.29) is 24.0 Å². The number of phenols is 1. The van der Waals surface area contributed by atoms with Gasteiger partial charge in [0, 0.05) is 17.7 Å². The molecule has 2 N–H and O–H groups in total. The van der Waals surface area contributed by atoms with E-state index in [1.807, 2.05) is 51.1 Å². The number of aromatic hydroxyl groups is 1. The van der Waals surface area contributed by atoms with Crippen molar-refractivity contribution in [2.75, 3.05) is 6.61 Å². The molecule has 6 nitrogen and oxygen atoms in total. The number of ether oxygens (including phenoxy) is 1. The lowest BCUT2D eigenvalue weighted by Gasteiger charge is -2.27. The number of aromatic amines is 1. The van der Waals surface area contributed by atoms with Gasteiger partial charge in [-0.25, -0.2) is 4.39 Å². The van der Waals surface area contributed by atoms with Crippen LogP contribution in [0.25, 0.3) is 11.3 Å². The Balaban J connectivity index is 1.65. The van der Waals surface area contributed by atoms with Gasteiger partial charge >= 0.3 is 0 Å². The van der Waals surface area contributed by atoms with Crippen molar-refractivity contribution in [3.8, 4) is 22.8 Å². The normalized spacial score (nSPS) is 14.9. The second kappa shape index (κ2) is 8.91. The molecule has 1 amide bonds. The third-order valence-electron chi connectivity index (χ3n) is 6.33. The van der Waals surface area contributed by atoms with Gasteiger partial charge in [-0.1, -0.05) is 30.3 Å². The zero-order valence-electron chi connectivity index (χ0n) is 19.8. The number of benzene rings is 3. The standard InChI is InChI=1S/C28H26FN3O3/c1-4-35-21-11-7-19(8-12-21)27-24-25(23-17(3)13-16(2)14-22(23)33)30-31-26(24)28(34)32(27)15-18-5-9-20(29)10-6-18/h5-14,27,33H,4,15H2,1-3H3,(H,30,31). The number of fused-ring (bicyclic) bond motifs is 1. The van der Waals surface area contributed by atoms with Crippen LogP contribution in [-0.4, -0.2) is 32.7 Å². The monoisotopic (exact) mass is 471 g/mol. The van der Waals surface area contributed by atoms with E-state index in [9.17, 15) is 14.3 Å². The fraction of sp³-hybridized carbons (Fsp3) is 0.214. The highest BCUT2D eigenvalue weighted by atomic mass is 19.1. The molecule has 1 aromatic heterocycles. The van der Waals surface area contributed by atoms with Crippen LogP contribution in [0, 0.1) is 19.7 Å². The first kappa shape index (κ1) is 22.7. The number of halogens is 1. The first-order valence-corrected chi connectivity index (χ1v) is 11.5. The van der Waals surface area contributed by atoms with E-state index in [1.165, 1.54) is 12.1 Å². The SMILES string of the molecule is CCOc1ccc(C2c3c(-c4c(C)cc(C)cc4O)n[nH]c3C(=O)N2Cc2ccc(F)cc2)cc1. The van der Waals surface area contributed by atoms with E-state index >= 15 is 0 Å². The Hall–Kier alpha value is -4.13. The van der Waals surface area contributed by atoms with Gasteiger partial charge in [0.05, 0.1) is 12.6 Å². The number of amides is 1. The van der Waals surface area contributed by atoms with E-state index in [1.54, 1.807) is 23.1 Å². The lowest BCUT2D eigenvalue weighted by atomic mass is 9.93. The molecule has 1 unspecified atom stereocenters. The van der Waals surface area contributed by atoms with Crippen LogP contribution < -0.4 is 4.74 Å². The fourth-order valence-corrected chi connectivity index (χ4v) is 4.85. The van der Waals surface area contributed by atoms with Crippen molar-refractivity contribution in [1.29, 1.82) is 0 Å². The molecule has 4 aromatic rings. The summed E-state index contributed by atoms with van der Waals surface area (Å²) in [5.74, 6) is 0.329. The molecule has 0 saturated heterocycles. The van der Waals surface area contributed by atoms with Crippen LogP contribution in [0.1, 0.15) is 51.3 Å². The molecule has 1 atom stereocenters.